The Morgan fingerprint density at radius 3 is 2.42 bits per heavy atom. The molecule has 1 saturated heterocycles. The van der Waals surface area contributed by atoms with Gasteiger partial charge in [0.05, 0.1) is 11.0 Å². The van der Waals surface area contributed by atoms with Crippen molar-refractivity contribution in [3.05, 3.63) is 84.7 Å². The molecule has 3 aromatic rings. The fraction of sp³-hybridized carbons (Fsp3) is 0.296. The molecule has 2 amide bonds. The van der Waals surface area contributed by atoms with Gasteiger partial charge in [-0.25, -0.2) is 4.98 Å². The first kappa shape index (κ1) is 22.5. The predicted octanol–water partition coefficient (Wildman–Crippen LogP) is 4.37. The molecular weight excluding hydrogens is 412 g/mol. The van der Waals surface area contributed by atoms with Crippen molar-refractivity contribution in [3.63, 3.8) is 0 Å². The Morgan fingerprint density at radius 2 is 1.76 bits per heavy atom. The molecule has 0 unspecified atom stereocenters. The summed E-state index contributed by atoms with van der Waals surface area (Å²) in [5, 5.41) is 0. The largest absolute Gasteiger partial charge is 0.334 e. The summed E-state index contributed by atoms with van der Waals surface area (Å²) < 4.78 is 1.98. The van der Waals surface area contributed by atoms with Gasteiger partial charge in [-0.1, -0.05) is 42.5 Å². The van der Waals surface area contributed by atoms with Gasteiger partial charge in [0, 0.05) is 37.7 Å². The van der Waals surface area contributed by atoms with Crippen molar-refractivity contribution in [3.8, 4) is 0 Å². The number of carbonyl (C=O) groups is 2. The highest BCUT2D eigenvalue weighted by molar-refractivity contribution is 5.98. The molecule has 6 heteroatoms. The van der Waals surface area contributed by atoms with E-state index in [-0.39, 0.29) is 24.3 Å². The van der Waals surface area contributed by atoms with Crippen LogP contribution in [0.25, 0.3) is 11.0 Å². The molecule has 6 nitrogen and oxygen atoms in total. The molecule has 1 fully saturated rings. The highest BCUT2D eigenvalue weighted by Gasteiger charge is 2.36. The first-order valence-corrected chi connectivity index (χ1v) is 11.3. The van der Waals surface area contributed by atoms with Crippen molar-refractivity contribution >= 4 is 28.5 Å². The van der Waals surface area contributed by atoms with Crippen LogP contribution in [0.5, 0.6) is 0 Å². The Morgan fingerprint density at radius 1 is 1.09 bits per heavy atom. The maximum atomic E-state index is 13.1. The third-order valence-electron chi connectivity index (χ3n) is 6.23. The number of aryl methyl sites for hydroxylation is 2. The molecule has 2 aromatic carbocycles. The van der Waals surface area contributed by atoms with Gasteiger partial charge in [0.25, 0.3) is 0 Å². The minimum Gasteiger partial charge on any atom is -0.334 e. The molecule has 4 rings (SSSR count). The number of benzene rings is 2. The summed E-state index contributed by atoms with van der Waals surface area (Å²) in [4.78, 5) is 34.7. The molecule has 170 valence electrons. The van der Waals surface area contributed by atoms with Gasteiger partial charge < -0.3 is 14.4 Å². The lowest BCUT2D eigenvalue weighted by molar-refractivity contribution is -0.130. The summed E-state index contributed by atoms with van der Waals surface area (Å²) in [6.07, 6.45) is 3.80. The van der Waals surface area contributed by atoms with E-state index in [2.05, 4.69) is 13.2 Å². The SMILES string of the molecule is C=CCN(CC=C)C(=O)Cn1c([C@@H]2CC(=O)N(c3c(C)cccc3C)C2)nc2ccccc21. The van der Waals surface area contributed by atoms with Crippen LogP contribution in [0.1, 0.15) is 29.3 Å². The van der Waals surface area contributed by atoms with Gasteiger partial charge >= 0.3 is 0 Å². The number of rotatable bonds is 8. The van der Waals surface area contributed by atoms with Gasteiger partial charge in [0.2, 0.25) is 11.8 Å². The van der Waals surface area contributed by atoms with Gasteiger partial charge in [-0.15, -0.1) is 13.2 Å². The number of nitrogens with zero attached hydrogens (tertiary/aromatic N) is 4. The predicted molar refractivity (Wildman–Crippen MR) is 132 cm³/mol. The second kappa shape index (κ2) is 9.45. The fourth-order valence-corrected chi connectivity index (χ4v) is 4.73. The summed E-state index contributed by atoms with van der Waals surface area (Å²) in [6, 6.07) is 13.9. The molecule has 0 saturated carbocycles. The molecule has 33 heavy (non-hydrogen) atoms. The van der Waals surface area contributed by atoms with Crippen molar-refractivity contribution < 1.29 is 9.59 Å². The Balaban J connectivity index is 1.70. The van der Waals surface area contributed by atoms with E-state index in [1.807, 2.05) is 65.8 Å². The quantitative estimate of drug-likeness (QED) is 0.487. The number of carbonyl (C=O) groups excluding carboxylic acids is 2. The van der Waals surface area contributed by atoms with Gasteiger partial charge in [0.15, 0.2) is 0 Å². The van der Waals surface area contributed by atoms with Crippen LogP contribution in [-0.4, -0.2) is 45.9 Å². The van der Waals surface area contributed by atoms with Crippen LogP contribution >= 0.6 is 0 Å². The van der Waals surface area contributed by atoms with E-state index >= 15 is 0 Å². The number of hydrogen-bond donors (Lipinski definition) is 0. The summed E-state index contributed by atoms with van der Waals surface area (Å²) >= 11 is 0. The topological polar surface area (TPSA) is 58.4 Å². The zero-order valence-corrected chi connectivity index (χ0v) is 19.3. The van der Waals surface area contributed by atoms with E-state index in [1.54, 1.807) is 17.1 Å². The second-order valence-corrected chi connectivity index (χ2v) is 8.57. The highest BCUT2D eigenvalue weighted by Crippen LogP contribution is 2.36. The number of anilines is 1. The lowest BCUT2D eigenvalue weighted by atomic mass is 10.1. The van der Waals surface area contributed by atoms with Crippen molar-refractivity contribution in [2.24, 2.45) is 0 Å². The molecule has 0 N–H and O–H groups in total. The van der Waals surface area contributed by atoms with Crippen molar-refractivity contribution in [1.82, 2.24) is 14.5 Å². The first-order chi connectivity index (χ1) is 15.9. The van der Waals surface area contributed by atoms with Crippen LogP contribution < -0.4 is 4.90 Å². The molecule has 0 bridgehead atoms. The number of fused-ring (bicyclic) bond motifs is 1. The molecule has 1 aliphatic rings. The maximum absolute atomic E-state index is 13.1. The third kappa shape index (κ3) is 4.33. The lowest BCUT2D eigenvalue weighted by Crippen LogP contribution is -2.34. The van der Waals surface area contributed by atoms with Crippen LogP contribution in [-0.2, 0) is 16.1 Å². The standard InChI is InChI=1S/C27H30N4O2/c1-5-14-29(15-6-2)25(33)18-30-23-13-8-7-12-22(23)28-27(30)21-16-24(32)31(17-21)26-19(3)10-9-11-20(26)4/h5-13,21H,1-2,14-18H2,3-4H3/t21-/m1/s1. The maximum Gasteiger partial charge on any atom is 0.243 e. The summed E-state index contributed by atoms with van der Waals surface area (Å²) in [5.41, 5.74) is 4.87. The summed E-state index contributed by atoms with van der Waals surface area (Å²) in [6.45, 7) is 13.2. The Labute approximate surface area is 194 Å². The fourth-order valence-electron chi connectivity index (χ4n) is 4.73. The minimum atomic E-state index is -0.0936. The van der Waals surface area contributed by atoms with Crippen LogP contribution in [0.2, 0.25) is 0 Å². The first-order valence-electron chi connectivity index (χ1n) is 11.3. The number of para-hydroxylation sites is 3. The Hall–Kier alpha value is -3.67. The number of hydrogen-bond acceptors (Lipinski definition) is 3. The van der Waals surface area contributed by atoms with Gasteiger partial charge in [0.1, 0.15) is 12.4 Å². The van der Waals surface area contributed by atoms with E-state index < -0.39 is 0 Å². The molecule has 0 aliphatic carbocycles. The number of imidazole rings is 1. The van der Waals surface area contributed by atoms with Gasteiger partial charge in [-0.05, 0) is 37.1 Å². The van der Waals surface area contributed by atoms with Crippen molar-refractivity contribution in [2.75, 3.05) is 24.5 Å². The highest BCUT2D eigenvalue weighted by atomic mass is 16.2. The van der Waals surface area contributed by atoms with Crippen LogP contribution in [0.15, 0.2) is 67.8 Å². The van der Waals surface area contributed by atoms with E-state index in [1.165, 1.54) is 0 Å². The number of aromatic nitrogens is 2. The third-order valence-corrected chi connectivity index (χ3v) is 6.23. The average Bonchev–Trinajstić information content (AvgIpc) is 3.34. The summed E-state index contributed by atoms with van der Waals surface area (Å²) in [5.74, 6) is 0.741. The molecule has 1 aliphatic heterocycles. The van der Waals surface area contributed by atoms with E-state index in [0.717, 1.165) is 33.7 Å². The van der Waals surface area contributed by atoms with E-state index in [9.17, 15) is 9.59 Å². The van der Waals surface area contributed by atoms with E-state index in [4.69, 9.17) is 4.98 Å². The summed E-state index contributed by atoms with van der Waals surface area (Å²) in [7, 11) is 0. The van der Waals surface area contributed by atoms with Crippen LogP contribution in [0.4, 0.5) is 5.69 Å². The van der Waals surface area contributed by atoms with Crippen molar-refractivity contribution in [1.29, 1.82) is 0 Å². The zero-order valence-electron chi connectivity index (χ0n) is 19.3. The molecule has 0 spiro atoms. The monoisotopic (exact) mass is 442 g/mol. The smallest absolute Gasteiger partial charge is 0.243 e. The average molecular weight is 443 g/mol. The molecule has 0 radical (unpaired) electrons. The van der Waals surface area contributed by atoms with Crippen molar-refractivity contribution in [2.45, 2.75) is 32.7 Å². The second-order valence-electron chi connectivity index (χ2n) is 8.57. The van der Waals surface area contributed by atoms with Gasteiger partial charge in [-0.2, -0.15) is 0 Å². The van der Waals surface area contributed by atoms with Gasteiger partial charge in [-0.3, -0.25) is 9.59 Å². The van der Waals surface area contributed by atoms with Crippen LogP contribution in [0, 0.1) is 13.8 Å². The minimum absolute atomic E-state index is 0.0323. The Bertz CT molecular complexity index is 1200. The zero-order chi connectivity index (χ0) is 23.5. The normalized spacial score (nSPS) is 15.8. The number of amides is 2. The lowest BCUT2D eigenvalue weighted by Gasteiger charge is -2.22. The van der Waals surface area contributed by atoms with Crippen LogP contribution in [0.3, 0.4) is 0 Å². The van der Waals surface area contributed by atoms with E-state index in [0.29, 0.717) is 26.1 Å². The Kier molecular flexibility index (Phi) is 6.45. The molecule has 2 heterocycles. The molecule has 1 aromatic heterocycles. The molecule has 1 atom stereocenters. The molecular formula is C27H30N4O2.